The Hall–Kier alpha value is -1.91. The van der Waals surface area contributed by atoms with Gasteiger partial charge in [0, 0.05) is 24.0 Å². The van der Waals surface area contributed by atoms with Crippen LogP contribution in [-0.2, 0) is 12.8 Å². The predicted octanol–water partition coefficient (Wildman–Crippen LogP) is 2.53. The van der Waals surface area contributed by atoms with Crippen LogP contribution >= 0.6 is 0 Å². The van der Waals surface area contributed by atoms with Crippen LogP contribution in [0.25, 0.3) is 5.82 Å². The number of anilines is 1. The van der Waals surface area contributed by atoms with Crippen molar-refractivity contribution < 1.29 is 0 Å². The van der Waals surface area contributed by atoms with Crippen LogP contribution in [0.2, 0.25) is 0 Å². The number of rotatable bonds is 5. The van der Waals surface area contributed by atoms with Crippen molar-refractivity contribution in [2.24, 2.45) is 0 Å². The van der Waals surface area contributed by atoms with E-state index in [1.165, 1.54) is 5.69 Å². The molecule has 0 saturated carbocycles. The largest absolute Gasteiger partial charge is 0.354 e. The maximum absolute atomic E-state index is 4.63. The Morgan fingerprint density at radius 3 is 2.63 bits per heavy atom. The first-order valence-electron chi connectivity index (χ1n) is 6.85. The molecule has 2 aromatic rings. The minimum atomic E-state index is 0.652. The summed E-state index contributed by atoms with van der Waals surface area (Å²) in [6.07, 6.45) is 3.71. The standard InChI is InChI=1S/C14H21N5/c1-5-11-8-12(6-2)19(18-11)13-10(4)9-16-14(17-13)15-7-3/h8-9H,5-7H2,1-4H3,(H,15,16,17). The molecule has 0 aliphatic heterocycles. The predicted molar refractivity (Wildman–Crippen MR) is 76.8 cm³/mol. The summed E-state index contributed by atoms with van der Waals surface area (Å²) in [5, 5.41) is 7.77. The van der Waals surface area contributed by atoms with Gasteiger partial charge in [-0.05, 0) is 32.8 Å². The molecule has 0 aliphatic carbocycles. The molecule has 0 aromatic carbocycles. The van der Waals surface area contributed by atoms with Crippen molar-refractivity contribution in [2.75, 3.05) is 11.9 Å². The Bertz CT molecular complexity index is 559. The first kappa shape index (κ1) is 13.5. The van der Waals surface area contributed by atoms with E-state index in [0.717, 1.165) is 36.5 Å². The van der Waals surface area contributed by atoms with Crippen LogP contribution < -0.4 is 5.32 Å². The van der Waals surface area contributed by atoms with Gasteiger partial charge in [0.1, 0.15) is 0 Å². The van der Waals surface area contributed by atoms with E-state index in [1.807, 2.05) is 24.7 Å². The van der Waals surface area contributed by atoms with E-state index in [1.54, 1.807) is 0 Å². The minimum Gasteiger partial charge on any atom is -0.354 e. The Morgan fingerprint density at radius 1 is 1.21 bits per heavy atom. The quantitative estimate of drug-likeness (QED) is 0.896. The molecule has 0 spiro atoms. The molecule has 0 fully saturated rings. The number of hydrogen-bond donors (Lipinski definition) is 1. The van der Waals surface area contributed by atoms with E-state index in [0.29, 0.717) is 5.95 Å². The highest BCUT2D eigenvalue weighted by atomic mass is 15.3. The molecular formula is C14H21N5. The summed E-state index contributed by atoms with van der Waals surface area (Å²) in [7, 11) is 0. The molecule has 0 unspecified atom stereocenters. The van der Waals surface area contributed by atoms with Gasteiger partial charge >= 0.3 is 0 Å². The van der Waals surface area contributed by atoms with Crippen LogP contribution in [0, 0.1) is 6.92 Å². The molecule has 5 nitrogen and oxygen atoms in total. The van der Waals surface area contributed by atoms with E-state index in [4.69, 9.17) is 0 Å². The molecule has 2 rings (SSSR count). The van der Waals surface area contributed by atoms with E-state index >= 15 is 0 Å². The molecule has 5 heteroatoms. The highest BCUT2D eigenvalue weighted by molar-refractivity contribution is 5.39. The first-order valence-corrected chi connectivity index (χ1v) is 6.85. The van der Waals surface area contributed by atoms with Gasteiger partial charge in [0.15, 0.2) is 5.82 Å². The molecule has 0 amide bonds. The second-order valence-electron chi connectivity index (χ2n) is 4.48. The zero-order valence-electron chi connectivity index (χ0n) is 12.1. The Balaban J connectivity index is 2.50. The number of aromatic nitrogens is 4. The summed E-state index contributed by atoms with van der Waals surface area (Å²) in [6, 6.07) is 2.15. The zero-order chi connectivity index (χ0) is 13.8. The first-order chi connectivity index (χ1) is 9.19. The lowest BCUT2D eigenvalue weighted by atomic mass is 10.2. The molecule has 0 atom stereocenters. The average molecular weight is 259 g/mol. The fourth-order valence-electron chi connectivity index (χ4n) is 1.97. The van der Waals surface area contributed by atoms with Crippen molar-refractivity contribution in [3.8, 4) is 5.82 Å². The molecular weight excluding hydrogens is 238 g/mol. The summed E-state index contributed by atoms with van der Waals surface area (Å²) in [6.45, 7) is 9.10. The van der Waals surface area contributed by atoms with Crippen molar-refractivity contribution in [1.29, 1.82) is 0 Å². The lowest BCUT2D eigenvalue weighted by molar-refractivity contribution is 0.762. The molecule has 0 saturated heterocycles. The fourth-order valence-corrected chi connectivity index (χ4v) is 1.97. The van der Waals surface area contributed by atoms with Crippen LogP contribution in [0.3, 0.4) is 0 Å². The van der Waals surface area contributed by atoms with Crippen molar-refractivity contribution in [3.63, 3.8) is 0 Å². The van der Waals surface area contributed by atoms with Crippen LogP contribution in [0.5, 0.6) is 0 Å². The summed E-state index contributed by atoms with van der Waals surface area (Å²) in [5.74, 6) is 1.52. The summed E-state index contributed by atoms with van der Waals surface area (Å²) in [5.41, 5.74) is 3.31. The van der Waals surface area contributed by atoms with Crippen molar-refractivity contribution in [3.05, 3.63) is 29.2 Å². The second kappa shape index (κ2) is 5.82. The van der Waals surface area contributed by atoms with Crippen molar-refractivity contribution in [2.45, 2.75) is 40.5 Å². The minimum absolute atomic E-state index is 0.652. The Labute approximate surface area is 114 Å². The van der Waals surface area contributed by atoms with Gasteiger partial charge < -0.3 is 5.32 Å². The summed E-state index contributed by atoms with van der Waals surface area (Å²) < 4.78 is 1.94. The van der Waals surface area contributed by atoms with Gasteiger partial charge in [-0.2, -0.15) is 10.1 Å². The molecule has 1 N–H and O–H groups in total. The number of aryl methyl sites for hydroxylation is 3. The van der Waals surface area contributed by atoms with Gasteiger partial charge in [0.2, 0.25) is 5.95 Å². The van der Waals surface area contributed by atoms with E-state index in [9.17, 15) is 0 Å². The maximum atomic E-state index is 4.63. The lowest BCUT2D eigenvalue weighted by Crippen LogP contribution is -2.10. The average Bonchev–Trinajstić information content (AvgIpc) is 2.84. The smallest absolute Gasteiger partial charge is 0.224 e. The van der Waals surface area contributed by atoms with Gasteiger partial charge in [0.25, 0.3) is 0 Å². The fraction of sp³-hybridized carbons (Fsp3) is 0.500. The highest BCUT2D eigenvalue weighted by Crippen LogP contribution is 2.16. The number of nitrogens with one attached hydrogen (secondary N) is 1. The summed E-state index contributed by atoms with van der Waals surface area (Å²) >= 11 is 0. The van der Waals surface area contributed by atoms with Crippen LogP contribution in [0.15, 0.2) is 12.3 Å². The van der Waals surface area contributed by atoms with Crippen LogP contribution in [-0.4, -0.2) is 26.3 Å². The van der Waals surface area contributed by atoms with Crippen molar-refractivity contribution in [1.82, 2.24) is 19.7 Å². The maximum Gasteiger partial charge on any atom is 0.224 e. The van der Waals surface area contributed by atoms with Crippen molar-refractivity contribution >= 4 is 5.95 Å². The molecule has 2 aromatic heterocycles. The van der Waals surface area contributed by atoms with E-state index in [2.05, 4.69) is 40.3 Å². The zero-order valence-corrected chi connectivity index (χ0v) is 12.1. The van der Waals surface area contributed by atoms with Crippen LogP contribution in [0.1, 0.15) is 37.7 Å². The molecule has 102 valence electrons. The third-order valence-corrected chi connectivity index (χ3v) is 3.04. The second-order valence-corrected chi connectivity index (χ2v) is 4.48. The van der Waals surface area contributed by atoms with Gasteiger partial charge in [-0.25, -0.2) is 9.67 Å². The molecule has 0 bridgehead atoms. The van der Waals surface area contributed by atoms with Gasteiger partial charge in [-0.1, -0.05) is 13.8 Å². The topological polar surface area (TPSA) is 55.6 Å². The van der Waals surface area contributed by atoms with Gasteiger partial charge in [0.05, 0.1) is 5.69 Å². The monoisotopic (exact) mass is 259 g/mol. The lowest BCUT2D eigenvalue weighted by Gasteiger charge is -2.10. The third-order valence-electron chi connectivity index (χ3n) is 3.04. The highest BCUT2D eigenvalue weighted by Gasteiger charge is 2.12. The van der Waals surface area contributed by atoms with Gasteiger partial charge in [-0.15, -0.1) is 0 Å². The van der Waals surface area contributed by atoms with Crippen LogP contribution in [0.4, 0.5) is 5.95 Å². The molecule has 0 radical (unpaired) electrons. The van der Waals surface area contributed by atoms with E-state index < -0.39 is 0 Å². The Morgan fingerprint density at radius 2 is 2.00 bits per heavy atom. The number of nitrogens with zero attached hydrogens (tertiary/aromatic N) is 4. The molecule has 19 heavy (non-hydrogen) atoms. The SMILES string of the molecule is CCNc1ncc(C)c(-n2nc(CC)cc2CC)n1. The van der Waals surface area contributed by atoms with Gasteiger partial charge in [-0.3, -0.25) is 0 Å². The molecule has 2 heterocycles. The summed E-state index contributed by atoms with van der Waals surface area (Å²) in [4.78, 5) is 8.84. The molecule has 0 aliphatic rings. The number of hydrogen-bond acceptors (Lipinski definition) is 4. The third kappa shape index (κ3) is 2.75. The normalized spacial score (nSPS) is 10.7. The van der Waals surface area contributed by atoms with E-state index in [-0.39, 0.29) is 0 Å². The Kier molecular flexibility index (Phi) is 4.14.